The van der Waals surface area contributed by atoms with Gasteiger partial charge in [-0.05, 0) is 45.1 Å². The highest BCUT2D eigenvalue weighted by Crippen LogP contribution is 2.43. The molecule has 0 saturated heterocycles. The first-order chi connectivity index (χ1) is 9.88. The maximum atomic E-state index is 13.2. The molecule has 0 spiro atoms. The molecular formula is C15H9BrF3NS. The summed E-state index contributed by atoms with van der Waals surface area (Å²) in [6.07, 6.45) is -4.44. The van der Waals surface area contributed by atoms with Gasteiger partial charge in [-0.2, -0.15) is 13.2 Å². The van der Waals surface area contributed by atoms with E-state index in [0.717, 1.165) is 20.6 Å². The summed E-state index contributed by atoms with van der Waals surface area (Å²) in [7, 11) is 0. The summed E-state index contributed by atoms with van der Waals surface area (Å²) in [4.78, 5) is 0. The zero-order valence-corrected chi connectivity index (χ0v) is 12.9. The smallest absolute Gasteiger partial charge is 0.399 e. The van der Waals surface area contributed by atoms with Crippen LogP contribution in [-0.2, 0) is 6.18 Å². The number of hydrogen-bond donors (Lipinski definition) is 1. The Morgan fingerprint density at radius 2 is 1.81 bits per heavy atom. The summed E-state index contributed by atoms with van der Waals surface area (Å²) in [5.41, 5.74) is 5.63. The van der Waals surface area contributed by atoms with E-state index in [9.17, 15) is 13.2 Å². The molecule has 6 heteroatoms. The molecule has 0 atom stereocenters. The lowest BCUT2D eigenvalue weighted by Gasteiger charge is -2.13. The van der Waals surface area contributed by atoms with Gasteiger partial charge in [0.15, 0.2) is 0 Å². The first kappa shape index (κ1) is 14.4. The van der Waals surface area contributed by atoms with Crippen LogP contribution in [0.5, 0.6) is 0 Å². The van der Waals surface area contributed by atoms with Gasteiger partial charge in [0.25, 0.3) is 0 Å². The minimum absolute atomic E-state index is 0.104. The van der Waals surface area contributed by atoms with Gasteiger partial charge < -0.3 is 5.73 Å². The Balaban J connectivity index is 2.31. The van der Waals surface area contributed by atoms with E-state index in [1.165, 1.54) is 23.5 Å². The molecule has 3 rings (SSSR count). The van der Waals surface area contributed by atoms with Gasteiger partial charge >= 0.3 is 6.18 Å². The Kier molecular flexibility index (Phi) is 3.45. The SMILES string of the molecule is Nc1ccc(-c2csc3c(Br)cccc23)c(C(F)(F)F)c1. The minimum Gasteiger partial charge on any atom is -0.399 e. The fourth-order valence-electron chi connectivity index (χ4n) is 2.26. The molecule has 2 aromatic carbocycles. The summed E-state index contributed by atoms with van der Waals surface area (Å²) < 4.78 is 41.5. The van der Waals surface area contributed by atoms with Gasteiger partial charge in [-0.15, -0.1) is 11.3 Å². The lowest BCUT2D eigenvalue weighted by molar-refractivity contribution is -0.137. The van der Waals surface area contributed by atoms with Crippen molar-refractivity contribution < 1.29 is 13.2 Å². The molecule has 0 amide bonds. The Morgan fingerprint density at radius 1 is 1.05 bits per heavy atom. The molecule has 21 heavy (non-hydrogen) atoms. The molecular weight excluding hydrogens is 363 g/mol. The van der Waals surface area contributed by atoms with Crippen LogP contribution in [0.25, 0.3) is 21.2 Å². The van der Waals surface area contributed by atoms with Gasteiger partial charge in [0, 0.05) is 25.8 Å². The van der Waals surface area contributed by atoms with Crippen molar-refractivity contribution in [2.45, 2.75) is 6.18 Å². The van der Waals surface area contributed by atoms with Crippen LogP contribution in [-0.4, -0.2) is 0 Å². The quantitative estimate of drug-likeness (QED) is 0.527. The van der Waals surface area contributed by atoms with Crippen molar-refractivity contribution in [2.24, 2.45) is 0 Å². The van der Waals surface area contributed by atoms with E-state index in [-0.39, 0.29) is 11.3 Å². The molecule has 0 aliphatic carbocycles. The highest BCUT2D eigenvalue weighted by Gasteiger charge is 2.34. The monoisotopic (exact) mass is 371 g/mol. The van der Waals surface area contributed by atoms with E-state index in [2.05, 4.69) is 15.9 Å². The number of anilines is 1. The normalized spacial score (nSPS) is 12.0. The van der Waals surface area contributed by atoms with Gasteiger partial charge in [-0.25, -0.2) is 0 Å². The standard InChI is InChI=1S/C15H9BrF3NS/c16-13-3-1-2-10-11(7-21-14(10)13)9-5-4-8(20)6-12(9)15(17,18)19/h1-7H,20H2. The fourth-order valence-corrected chi connectivity index (χ4v) is 3.88. The molecule has 2 N–H and O–H groups in total. The van der Waals surface area contributed by atoms with Crippen molar-refractivity contribution in [3.8, 4) is 11.1 Å². The lowest BCUT2D eigenvalue weighted by Crippen LogP contribution is -2.07. The highest BCUT2D eigenvalue weighted by atomic mass is 79.9. The van der Waals surface area contributed by atoms with Gasteiger partial charge in [0.2, 0.25) is 0 Å². The number of nitrogens with two attached hydrogens (primary N) is 1. The Morgan fingerprint density at radius 3 is 2.52 bits per heavy atom. The summed E-state index contributed by atoms with van der Waals surface area (Å²) >= 11 is 4.83. The molecule has 0 fully saturated rings. The van der Waals surface area contributed by atoms with E-state index >= 15 is 0 Å². The molecule has 0 unspecified atom stereocenters. The topological polar surface area (TPSA) is 26.0 Å². The first-order valence-electron chi connectivity index (χ1n) is 6.01. The van der Waals surface area contributed by atoms with Crippen LogP contribution in [0.15, 0.2) is 46.3 Å². The molecule has 1 heterocycles. The second kappa shape index (κ2) is 5.03. The summed E-state index contributed by atoms with van der Waals surface area (Å²) in [5, 5.41) is 2.54. The first-order valence-corrected chi connectivity index (χ1v) is 7.68. The fraction of sp³-hybridized carbons (Fsp3) is 0.0667. The van der Waals surface area contributed by atoms with E-state index in [4.69, 9.17) is 5.73 Å². The zero-order valence-electron chi connectivity index (χ0n) is 10.5. The Labute approximate surface area is 131 Å². The summed E-state index contributed by atoms with van der Waals surface area (Å²) in [6, 6.07) is 9.41. The van der Waals surface area contributed by atoms with Crippen LogP contribution in [0, 0.1) is 0 Å². The van der Waals surface area contributed by atoms with E-state index < -0.39 is 11.7 Å². The number of fused-ring (bicyclic) bond motifs is 1. The van der Waals surface area contributed by atoms with Crippen molar-refractivity contribution >= 4 is 43.0 Å². The third-order valence-corrected chi connectivity index (χ3v) is 5.14. The molecule has 3 aromatic rings. The van der Waals surface area contributed by atoms with Crippen molar-refractivity contribution in [1.29, 1.82) is 0 Å². The van der Waals surface area contributed by atoms with Gasteiger partial charge in [0.05, 0.1) is 5.56 Å². The van der Waals surface area contributed by atoms with Gasteiger partial charge in [-0.1, -0.05) is 18.2 Å². The van der Waals surface area contributed by atoms with Crippen LogP contribution in [0.3, 0.4) is 0 Å². The number of nitrogen functional groups attached to an aromatic ring is 1. The average Bonchev–Trinajstić information content (AvgIpc) is 2.83. The Hall–Kier alpha value is -1.53. The van der Waals surface area contributed by atoms with Crippen molar-refractivity contribution in [3.05, 3.63) is 51.8 Å². The van der Waals surface area contributed by atoms with E-state index in [1.807, 2.05) is 18.2 Å². The number of hydrogen-bond acceptors (Lipinski definition) is 2. The number of thiophene rings is 1. The largest absolute Gasteiger partial charge is 0.417 e. The maximum absolute atomic E-state index is 13.2. The van der Waals surface area contributed by atoms with Crippen LogP contribution in [0.2, 0.25) is 0 Å². The van der Waals surface area contributed by atoms with Crippen molar-refractivity contribution in [1.82, 2.24) is 0 Å². The van der Waals surface area contributed by atoms with Gasteiger partial charge in [0.1, 0.15) is 0 Å². The van der Waals surface area contributed by atoms with E-state index in [0.29, 0.717) is 5.56 Å². The van der Waals surface area contributed by atoms with E-state index in [1.54, 1.807) is 5.38 Å². The molecule has 108 valence electrons. The number of benzene rings is 2. The third-order valence-electron chi connectivity index (χ3n) is 3.19. The molecule has 1 aromatic heterocycles. The molecule has 0 bridgehead atoms. The number of halogens is 4. The highest BCUT2D eigenvalue weighted by molar-refractivity contribution is 9.10. The van der Waals surface area contributed by atoms with Crippen LogP contribution in [0.1, 0.15) is 5.56 Å². The van der Waals surface area contributed by atoms with Crippen LogP contribution >= 0.6 is 27.3 Å². The molecule has 0 aliphatic heterocycles. The van der Waals surface area contributed by atoms with Crippen molar-refractivity contribution in [3.63, 3.8) is 0 Å². The predicted octanol–water partition coefficient (Wildman–Crippen LogP) is 5.93. The zero-order chi connectivity index (χ0) is 15.2. The summed E-state index contributed by atoms with van der Waals surface area (Å²) in [5.74, 6) is 0. The second-order valence-electron chi connectivity index (χ2n) is 4.57. The summed E-state index contributed by atoms with van der Waals surface area (Å²) in [6.45, 7) is 0. The molecule has 0 saturated carbocycles. The predicted molar refractivity (Wildman–Crippen MR) is 84.4 cm³/mol. The third kappa shape index (κ3) is 2.53. The average molecular weight is 372 g/mol. The molecule has 1 nitrogen and oxygen atoms in total. The number of rotatable bonds is 1. The van der Waals surface area contributed by atoms with Crippen molar-refractivity contribution in [2.75, 3.05) is 5.73 Å². The molecule has 0 aliphatic rings. The van der Waals surface area contributed by atoms with Crippen LogP contribution < -0.4 is 5.73 Å². The van der Waals surface area contributed by atoms with Crippen LogP contribution in [0.4, 0.5) is 18.9 Å². The lowest BCUT2D eigenvalue weighted by atomic mass is 9.98. The minimum atomic E-state index is -4.44. The number of alkyl halides is 3. The molecule has 0 radical (unpaired) electrons. The second-order valence-corrected chi connectivity index (χ2v) is 6.30. The van der Waals surface area contributed by atoms with Gasteiger partial charge in [-0.3, -0.25) is 0 Å². The maximum Gasteiger partial charge on any atom is 0.417 e. The Bertz CT molecular complexity index is 823.